The summed E-state index contributed by atoms with van der Waals surface area (Å²) >= 11 is 0. The third-order valence-corrected chi connectivity index (χ3v) is 4.06. The van der Waals surface area contributed by atoms with Crippen LogP contribution in [0.3, 0.4) is 0 Å². The Morgan fingerprint density at radius 2 is 2.13 bits per heavy atom. The van der Waals surface area contributed by atoms with Gasteiger partial charge in [-0.25, -0.2) is 8.78 Å². The first-order valence-electron chi connectivity index (χ1n) is 7.40. The van der Waals surface area contributed by atoms with Crippen LogP contribution in [0.2, 0.25) is 0 Å². The molecule has 0 bridgehead atoms. The maximum Gasteiger partial charge on any atom is 0.305 e. The van der Waals surface area contributed by atoms with E-state index in [1.54, 1.807) is 4.68 Å². The lowest BCUT2D eigenvalue weighted by Gasteiger charge is -2.23. The zero-order valence-corrected chi connectivity index (χ0v) is 12.7. The molecule has 1 aliphatic heterocycles. The predicted octanol–water partition coefficient (Wildman–Crippen LogP) is 2.29. The summed E-state index contributed by atoms with van der Waals surface area (Å²) in [5.41, 5.74) is 3.03. The lowest BCUT2D eigenvalue weighted by atomic mass is 10.0. The van der Waals surface area contributed by atoms with E-state index in [0.29, 0.717) is 17.8 Å². The van der Waals surface area contributed by atoms with Crippen molar-refractivity contribution in [2.75, 3.05) is 13.6 Å². The molecular weight excluding hydrogens is 304 g/mol. The van der Waals surface area contributed by atoms with Gasteiger partial charge in [0.1, 0.15) is 0 Å². The molecule has 122 valence electrons. The van der Waals surface area contributed by atoms with Crippen molar-refractivity contribution in [1.82, 2.24) is 14.7 Å². The fourth-order valence-corrected chi connectivity index (χ4v) is 2.89. The number of carboxylic acid groups (broad SMARTS) is 1. The number of aliphatic carboxylic acids is 1. The summed E-state index contributed by atoms with van der Waals surface area (Å²) < 4.78 is 28.4. The van der Waals surface area contributed by atoms with E-state index in [1.807, 2.05) is 7.05 Å². The summed E-state index contributed by atoms with van der Waals surface area (Å²) in [6.45, 7) is 1.77. The molecule has 2 heterocycles. The number of halogens is 2. The van der Waals surface area contributed by atoms with Gasteiger partial charge in [0, 0.05) is 36.3 Å². The number of fused-ring (bicyclic) bond motifs is 1. The van der Waals surface area contributed by atoms with Crippen molar-refractivity contribution in [3.05, 3.63) is 41.1 Å². The first kappa shape index (κ1) is 15.6. The molecule has 0 unspecified atom stereocenters. The average Bonchev–Trinajstić information content (AvgIpc) is 2.86. The van der Waals surface area contributed by atoms with Crippen LogP contribution in [0.25, 0.3) is 11.3 Å². The molecule has 0 aliphatic carbocycles. The van der Waals surface area contributed by atoms with E-state index in [2.05, 4.69) is 10.00 Å². The molecule has 0 saturated heterocycles. The van der Waals surface area contributed by atoms with Gasteiger partial charge < -0.3 is 10.0 Å². The summed E-state index contributed by atoms with van der Waals surface area (Å²) in [5.74, 6) is -2.71. The second-order valence-electron chi connectivity index (χ2n) is 5.76. The molecule has 0 atom stereocenters. The maximum atomic E-state index is 13.5. The molecule has 0 fully saturated rings. The molecule has 0 amide bonds. The molecule has 0 saturated carbocycles. The molecule has 0 radical (unpaired) electrons. The minimum atomic E-state index is -0.916. The van der Waals surface area contributed by atoms with Crippen molar-refractivity contribution in [2.24, 2.45) is 0 Å². The fraction of sp³-hybridized carbons (Fsp3) is 0.375. The highest BCUT2D eigenvalue weighted by Crippen LogP contribution is 2.30. The Hall–Kier alpha value is -2.28. The van der Waals surface area contributed by atoms with Crippen molar-refractivity contribution in [3.8, 4) is 11.3 Å². The molecule has 1 aromatic heterocycles. The zero-order chi connectivity index (χ0) is 16.6. The largest absolute Gasteiger partial charge is 0.481 e. The van der Waals surface area contributed by atoms with E-state index < -0.39 is 17.6 Å². The normalized spacial score (nSPS) is 14.7. The van der Waals surface area contributed by atoms with E-state index in [4.69, 9.17) is 5.11 Å². The fourth-order valence-electron chi connectivity index (χ4n) is 2.89. The number of benzene rings is 1. The molecule has 1 aromatic carbocycles. The molecular formula is C16H17F2N3O2. The smallest absolute Gasteiger partial charge is 0.305 e. The van der Waals surface area contributed by atoms with Gasteiger partial charge in [-0.1, -0.05) is 0 Å². The lowest BCUT2D eigenvalue weighted by molar-refractivity contribution is -0.137. The van der Waals surface area contributed by atoms with Gasteiger partial charge in [0.05, 0.1) is 18.7 Å². The number of carboxylic acids is 1. The number of hydrogen-bond acceptors (Lipinski definition) is 3. The van der Waals surface area contributed by atoms with Crippen LogP contribution >= 0.6 is 0 Å². The van der Waals surface area contributed by atoms with Crippen molar-refractivity contribution >= 4 is 5.97 Å². The summed E-state index contributed by atoms with van der Waals surface area (Å²) in [5, 5.41) is 13.3. The number of nitrogens with zero attached hydrogens (tertiary/aromatic N) is 3. The Balaban J connectivity index is 2.05. The third-order valence-electron chi connectivity index (χ3n) is 4.06. The predicted molar refractivity (Wildman–Crippen MR) is 79.9 cm³/mol. The summed E-state index contributed by atoms with van der Waals surface area (Å²) in [7, 11) is 1.98. The Morgan fingerprint density at radius 3 is 2.83 bits per heavy atom. The molecule has 1 aliphatic rings. The van der Waals surface area contributed by atoms with E-state index in [9.17, 15) is 13.6 Å². The summed E-state index contributed by atoms with van der Waals surface area (Å²) in [6, 6.07) is 3.71. The highest BCUT2D eigenvalue weighted by molar-refractivity contribution is 5.67. The number of likely N-dealkylation sites (N-methyl/N-ethyl adjacent to an activating group) is 1. The summed E-state index contributed by atoms with van der Waals surface area (Å²) in [6.07, 6.45) is 0.726. The van der Waals surface area contributed by atoms with E-state index in [-0.39, 0.29) is 13.0 Å². The van der Waals surface area contributed by atoms with Crippen LogP contribution in [-0.2, 0) is 24.3 Å². The van der Waals surface area contributed by atoms with Gasteiger partial charge in [-0.3, -0.25) is 9.48 Å². The molecule has 1 N–H and O–H groups in total. The highest BCUT2D eigenvalue weighted by Gasteiger charge is 2.24. The highest BCUT2D eigenvalue weighted by atomic mass is 19.2. The zero-order valence-electron chi connectivity index (χ0n) is 12.7. The van der Waals surface area contributed by atoms with Crippen molar-refractivity contribution in [2.45, 2.75) is 25.9 Å². The van der Waals surface area contributed by atoms with Crippen molar-refractivity contribution in [3.63, 3.8) is 0 Å². The SMILES string of the molecule is CN1CCc2c(c(-c3ccc(F)c(F)c3)nn2CCC(=O)O)C1. The molecule has 23 heavy (non-hydrogen) atoms. The topological polar surface area (TPSA) is 58.4 Å². The molecule has 3 rings (SSSR count). The number of carbonyl (C=O) groups is 1. The Kier molecular flexibility index (Phi) is 4.12. The molecule has 2 aromatic rings. The van der Waals surface area contributed by atoms with Crippen molar-refractivity contribution < 1.29 is 18.7 Å². The maximum absolute atomic E-state index is 13.5. The van der Waals surface area contributed by atoms with Crippen LogP contribution in [0.4, 0.5) is 8.78 Å². The van der Waals surface area contributed by atoms with Crippen molar-refractivity contribution in [1.29, 1.82) is 0 Å². The Morgan fingerprint density at radius 1 is 1.35 bits per heavy atom. The van der Waals surface area contributed by atoms with Gasteiger partial charge in [0.15, 0.2) is 11.6 Å². The van der Waals surface area contributed by atoms with Crippen LogP contribution in [0, 0.1) is 11.6 Å². The standard InChI is InChI=1S/C16H17F2N3O2/c1-20-6-4-14-11(9-20)16(19-21(14)7-5-15(22)23)10-2-3-12(17)13(18)8-10/h2-3,8H,4-7,9H2,1H3,(H,22,23). The first-order valence-corrected chi connectivity index (χ1v) is 7.40. The van der Waals surface area contributed by atoms with Crippen LogP contribution < -0.4 is 0 Å². The van der Waals surface area contributed by atoms with Crippen LogP contribution in [0.5, 0.6) is 0 Å². The number of aryl methyl sites for hydroxylation is 1. The Bertz CT molecular complexity index is 758. The van der Waals surface area contributed by atoms with E-state index in [1.165, 1.54) is 6.07 Å². The van der Waals surface area contributed by atoms with Gasteiger partial charge >= 0.3 is 5.97 Å². The van der Waals surface area contributed by atoms with Crippen LogP contribution in [-0.4, -0.2) is 39.3 Å². The third kappa shape index (κ3) is 3.10. The first-order chi connectivity index (χ1) is 11.0. The number of hydrogen-bond donors (Lipinski definition) is 1. The Labute approximate surface area is 132 Å². The minimum absolute atomic E-state index is 0.0266. The van der Waals surface area contributed by atoms with Gasteiger partial charge in [-0.2, -0.15) is 5.10 Å². The number of aromatic nitrogens is 2. The van der Waals surface area contributed by atoms with E-state index >= 15 is 0 Å². The second-order valence-corrected chi connectivity index (χ2v) is 5.76. The number of rotatable bonds is 4. The van der Waals surface area contributed by atoms with E-state index in [0.717, 1.165) is 36.4 Å². The van der Waals surface area contributed by atoms with Crippen LogP contribution in [0.1, 0.15) is 17.7 Å². The molecule has 0 spiro atoms. The van der Waals surface area contributed by atoms with Crippen LogP contribution in [0.15, 0.2) is 18.2 Å². The quantitative estimate of drug-likeness (QED) is 0.939. The average molecular weight is 321 g/mol. The minimum Gasteiger partial charge on any atom is -0.481 e. The molecule has 5 nitrogen and oxygen atoms in total. The van der Waals surface area contributed by atoms with Gasteiger partial charge in [0.2, 0.25) is 0 Å². The monoisotopic (exact) mass is 321 g/mol. The van der Waals surface area contributed by atoms with Gasteiger partial charge in [0.25, 0.3) is 0 Å². The second kappa shape index (κ2) is 6.08. The summed E-state index contributed by atoms with van der Waals surface area (Å²) in [4.78, 5) is 12.9. The molecule has 7 heteroatoms. The lowest BCUT2D eigenvalue weighted by Crippen LogP contribution is -2.27. The van der Waals surface area contributed by atoms with Gasteiger partial charge in [-0.05, 0) is 25.2 Å². The van der Waals surface area contributed by atoms with Gasteiger partial charge in [-0.15, -0.1) is 0 Å².